The van der Waals surface area contributed by atoms with E-state index >= 15 is 0 Å². The van der Waals surface area contributed by atoms with Gasteiger partial charge in [0, 0.05) is 5.92 Å². The number of ketones is 1. The van der Waals surface area contributed by atoms with Crippen LogP contribution in [0.4, 0.5) is 0 Å². The highest BCUT2D eigenvalue weighted by Crippen LogP contribution is 2.92. The Bertz CT molecular complexity index is 301. The van der Waals surface area contributed by atoms with E-state index in [2.05, 4.69) is 4.79 Å². The third kappa shape index (κ3) is 0.477. The summed E-state index contributed by atoms with van der Waals surface area (Å²) in [7, 11) is 0. The SMILES string of the molecule is [N-]=[N+]=CC(=O)C1C2(CC2)C12CC2. The minimum atomic E-state index is 0.0486. The van der Waals surface area contributed by atoms with Crippen molar-refractivity contribution in [3.8, 4) is 0 Å². The molecule has 0 heterocycles. The highest BCUT2D eigenvalue weighted by molar-refractivity contribution is 6.28. The maximum Gasteiger partial charge on any atom is 0.323 e. The molecule has 0 radical (unpaired) electrons. The number of fused-ring (bicyclic) bond motifs is 1. The van der Waals surface area contributed by atoms with Crippen molar-refractivity contribution in [2.75, 3.05) is 0 Å². The molecule has 3 heteroatoms. The molecule has 3 fully saturated rings. The molecule has 0 unspecified atom stereocenters. The number of hydrogen-bond donors (Lipinski definition) is 0. The van der Waals surface area contributed by atoms with E-state index in [-0.39, 0.29) is 11.7 Å². The molecule has 3 aliphatic rings. The fourth-order valence-electron chi connectivity index (χ4n) is 3.26. The predicted molar refractivity (Wildman–Crippen MR) is 41.5 cm³/mol. The third-order valence-electron chi connectivity index (χ3n) is 4.06. The monoisotopic (exact) mass is 162 g/mol. The van der Waals surface area contributed by atoms with Gasteiger partial charge in [-0.2, -0.15) is 4.79 Å². The van der Waals surface area contributed by atoms with E-state index in [1.807, 2.05) is 0 Å². The molecule has 3 nitrogen and oxygen atoms in total. The van der Waals surface area contributed by atoms with Crippen LogP contribution in [0.3, 0.4) is 0 Å². The fourth-order valence-corrected chi connectivity index (χ4v) is 3.26. The van der Waals surface area contributed by atoms with Gasteiger partial charge in [0.1, 0.15) is 0 Å². The van der Waals surface area contributed by atoms with Gasteiger partial charge in [0.25, 0.3) is 0 Å². The first kappa shape index (κ1) is 6.55. The Morgan fingerprint density at radius 1 is 1.33 bits per heavy atom. The second-order valence-corrected chi connectivity index (χ2v) is 4.39. The van der Waals surface area contributed by atoms with Crippen LogP contribution < -0.4 is 0 Å². The van der Waals surface area contributed by atoms with Crippen LogP contribution in [0.15, 0.2) is 0 Å². The lowest BCUT2D eigenvalue weighted by Crippen LogP contribution is -2.05. The van der Waals surface area contributed by atoms with Gasteiger partial charge in [-0.25, -0.2) is 0 Å². The summed E-state index contributed by atoms with van der Waals surface area (Å²) in [6, 6.07) is 0. The summed E-state index contributed by atoms with van der Waals surface area (Å²) in [6.45, 7) is 0. The van der Waals surface area contributed by atoms with Crippen molar-refractivity contribution in [2.45, 2.75) is 25.7 Å². The van der Waals surface area contributed by atoms with E-state index in [1.165, 1.54) is 25.7 Å². The minimum absolute atomic E-state index is 0.0486. The Hall–Kier alpha value is -0.950. The molecule has 2 spiro atoms. The highest BCUT2D eigenvalue weighted by Gasteiger charge is 2.88. The lowest BCUT2D eigenvalue weighted by atomic mass is 10.2. The summed E-state index contributed by atoms with van der Waals surface area (Å²) in [6.07, 6.45) is 5.98. The average molecular weight is 162 g/mol. The van der Waals surface area contributed by atoms with Crippen molar-refractivity contribution < 1.29 is 9.58 Å². The van der Waals surface area contributed by atoms with E-state index in [0.717, 1.165) is 6.21 Å². The van der Waals surface area contributed by atoms with Gasteiger partial charge in [0.15, 0.2) is 0 Å². The average Bonchev–Trinajstić information content (AvgIpc) is 2.83. The Labute approximate surface area is 70.4 Å². The molecule has 3 rings (SSSR count). The zero-order valence-corrected chi connectivity index (χ0v) is 6.79. The zero-order valence-electron chi connectivity index (χ0n) is 6.79. The van der Waals surface area contributed by atoms with Crippen molar-refractivity contribution in [1.82, 2.24) is 0 Å². The first-order valence-electron chi connectivity index (χ1n) is 4.48. The second kappa shape index (κ2) is 1.55. The topological polar surface area (TPSA) is 53.5 Å². The third-order valence-corrected chi connectivity index (χ3v) is 4.06. The summed E-state index contributed by atoms with van der Waals surface area (Å²) < 4.78 is 0. The van der Waals surface area contributed by atoms with Crippen LogP contribution >= 0.6 is 0 Å². The van der Waals surface area contributed by atoms with Gasteiger partial charge < -0.3 is 5.53 Å². The standard InChI is InChI=1S/C9H10N2O/c10-11-5-6(12)7-8(1-2-8)9(7)3-4-9/h5,7H,1-4H2. The molecule has 0 atom stereocenters. The molecule has 3 saturated carbocycles. The molecule has 0 aromatic carbocycles. The van der Waals surface area contributed by atoms with Gasteiger partial charge in [-0.1, -0.05) is 0 Å². The number of carbonyl (C=O) groups excluding carboxylic acids is 1. The quantitative estimate of drug-likeness (QED) is 0.340. The number of nitrogens with zero attached hydrogens (tertiary/aromatic N) is 2. The summed E-state index contributed by atoms with van der Waals surface area (Å²) in [4.78, 5) is 14.2. The van der Waals surface area contributed by atoms with Gasteiger partial charge in [-0.15, -0.1) is 0 Å². The molecule has 0 amide bonds. The fraction of sp³-hybridized carbons (Fsp3) is 0.778. The minimum Gasteiger partial charge on any atom is -0.361 e. The molecular formula is C9H10N2O. The zero-order chi connectivity index (χ0) is 8.40. The van der Waals surface area contributed by atoms with Crippen molar-refractivity contribution in [3.05, 3.63) is 5.53 Å². The molecule has 0 N–H and O–H groups in total. The van der Waals surface area contributed by atoms with Crippen molar-refractivity contribution in [2.24, 2.45) is 16.7 Å². The van der Waals surface area contributed by atoms with E-state index < -0.39 is 0 Å². The maximum absolute atomic E-state index is 11.4. The summed E-state index contributed by atoms with van der Waals surface area (Å²) in [5.41, 5.74) is 9.03. The van der Waals surface area contributed by atoms with Gasteiger partial charge >= 0.3 is 6.21 Å². The normalized spacial score (nSPS) is 35.8. The van der Waals surface area contributed by atoms with Crippen LogP contribution in [-0.2, 0) is 4.79 Å². The van der Waals surface area contributed by atoms with E-state index in [1.54, 1.807) is 0 Å². The lowest BCUT2D eigenvalue weighted by molar-refractivity contribution is -0.117. The van der Waals surface area contributed by atoms with Gasteiger partial charge in [-0.3, -0.25) is 4.79 Å². The van der Waals surface area contributed by atoms with Crippen LogP contribution in [0, 0.1) is 16.7 Å². The van der Waals surface area contributed by atoms with E-state index in [4.69, 9.17) is 5.53 Å². The number of Topliss-reactive ketones (excluding diaryl/α,β-unsaturated/α-hetero) is 1. The Kier molecular flexibility index (Phi) is 0.846. The van der Waals surface area contributed by atoms with Crippen molar-refractivity contribution >= 4 is 12.0 Å². The Morgan fingerprint density at radius 2 is 1.83 bits per heavy atom. The smallest absolute Gasteiger partial charge is 0.323 e. The molecule has 0 bridgehead atoms. The highest BCUT2D eigenvalue weighted by atomic mass is 16.1. The van der Waals surface area contributed by atoms with Gasteiger partial charge in [-0.05, 0) is 36.5 Å². The van der Waals surface area contributed by atoms with Crippen LogP contribution in [0.5, 0.6) is 0 Å². The molecule has 0 aromatic rings. The summed E-state index contributed by atoms with van der Waals surface area (Å²) in [5, 5.41) is 0. The predicted octanol–water partition coefficient (Wildman–Crippen LogP) is 1.05. The van der Waals surface area contributed by atoms with Crippen LogP contribution in [0.2, 0.25) is 0 Å². The molecule has 0 saturated heterocycles. The van der Waals surface area contributed by atoms with Crippen LogP contribution in [-0.4, -0.2) is 16.8 Å². The van der Waals surface area contributed by atoms with Crippen LogP contribution in [0.1, 0.15) is 25.7 Å². The van der Waals surface area contributed by atoms with Crippen molar-refractivity contribution in [3.63, 3.8) is 0 Å². The van der Waals surface area contributed by atoms with Crippen LogP contribution in [0.25, 0.3) is 5.53 Å². The van der Waals surface area contributed by atoms with Gasteiger partial charge in [0.2, 0.25) is 5.78 Å². The first-order chi connectivity index (χ1) is 5.77. The lowest BCUT2D eigenvalue weighted by Gasteiger charge is -1.80. The maximum atomic E-state index is 11.4. The molecule has 3 aliphatic carbocycles. The second-order valence-electron chi connectivity index (χ2n) is 4.39. The number of rotatable bonds is 2. The summed E-state index contributed by atoms with van der Waals surface area (Å²) >= 11 is 0. The van der Waals surface area contributed by atoms with E-state index in [9.17, 15) is 4.79 Å². The molecule has 12 heavy (non-hydrogen) atoms. The van der Waals surface area contributed by atoms with E-state index in [0.29, 0.717) is 10.8 Å². The number of hydrogen-bond acceptors (Lipinski definition) is 1. The molecular weight excluding hydrogens is 152 g/mol. The Morgan fingerprint density at radius 3 is 2.17 bits per heavy atom. The molecule has 0 aromatic heterocycles. The largest absolute Gasteiger partial charge is 0.361 e. The Balaban J connectivity index is 1.88. The van der Waals surface area contributed by atoms with Gasteiger partial charge in [0.05, 0.1) is 0 Å². The number of carbonyl (C=O) groups is 1. The summed E-state index contributed by atoms with van der Waals surface area (Å²) in [5.74, 6) is 0.272. The first-order valence-corrected chi connectivity index (χ1v) is 4.48. The van der Waals surface area contributed by atoms with Crippen molar-refractivity contribution in [1.29, 1.82) is 0 Å². The molecule has 0 aliphatic heterocycles. The molecule has 62 valence electrons.